The number of hydrogen-bond acceptors (Lipinski definition) is 5. The summed E-state index contributed by atoms with van der Waals surface area (Å²) in [6, 6.07) is 8.48. The maximum absolute atomic E-state index is 12.9. The summed E-state index contributed by atoms with van der Waals surface area (Å²) >= 11 is 1.21. The van der Waals surface area contributed by atoms with Crippen molar-refractivity contribution >= 4 is 22.4 Å². The Bertz CT molecular complexity index is 1150. The Hall–Kier alpha value is -3.53. The number of amides is 1. The fraction of sp³-hybridized carbons (Fsp3) is 0.100. The SMILES string of the molecule is O=C(Nc1ncc(Cc2cccc(C(F)(F)F)c2)s1)c1ccc(-n2ccnc2)nc1. The summed E-state index contributed by atoms with van der Waals surface area (Å²) in [6.45, 7) is 0. The molecule has 0 aliphatic carbocycles. The van der Waals surface area contributed by atoms with Crippen LogP contribution in [-0.4, -0.2) is 25.4 Å². The van der Waals surface area contributed by atoms with Gasteiger partial charge in [-0.25, -0.2) is 15.0 Å². The van der Waals surface area contributed by atoms with Gasteiger partial charge < -0.3 is 0 Å². The first-order chi connectivity index (χ1) is 14.4. The second-order valence-electron chi connectivity index (χ2n) is 6.34. The molecule has 1 N–H and O–H groups in total. The van der Waals surface area contributed by atoms with Crippen LogP contribution in [0.4, 0.5) is 18.3 Å². The lowest BCUT2D eigenvalue weighted by Crippen LogP contribution is -2.12. The highest BCUT2D eigenvalue weighted by atomic mass is 32.1. The number of anilines is 1. The third kappa shape index (κ3) is 4.54. The molecule has 6 nitrogen and oxygen atoms in total. The van der Waals surface area contributed by atoms with Crippen molar-refractivity contribution in [2.75, 3.05) is 5.32 Å². The quantitative estimate of drug-likeness (QED) is 0.504. The summed E-state index contributed by atoms with van der Waals surface area (Å²) in [5.74, 6) is 0.251. The summed E-state index contributed by atoms with van der Waals surface area (Å²) in [7, 11) is 0. The largest absolute Gasteiger partial charge is 0.416 e. The van der Waals surface area contributed by atoms with Crippen LogP contribution in [0.3, 0.4) is 0 Å². The van der Waals surface area contributed by atoms with Crippen molar-refractivity contribution in [1.29, 1.82) is 0 Å². The molecule has 0 saturated heterocycles. The Morgan fingerprint density at radius 3 is 2.70 bits per heavy atom. The second kappa shape index (κ2) is 8.07. The van der Waals surface area contributed by atoms with E-state index in [1.807, 2.05) is 0 Å². The molecular weight excluding hydrogens is 415 g/mol. The number of imidazole rings is 1. The Morgan fingerprint density at radius 2 is 2.00 bits per heavy atom. The topological polar surface area (TPSA) is 72.7 Å². The molecule has 152 valence electrons. The number of hydrogen-bond donors (Lipinski definition) is 1. The van der Waals surface area contributed by atoms with Crippen LogP contribution in [0.2, 0.25) is 0 Å². The minimum Gasteiger partial charge on any atom is -0.298 e. The van der Waals surface area contributed by atoms with E-state index >= 15 is 0 Å². The van der Waals surface area contributed by atoms with E-state index in [2.05, 4.69) is 20.3 Å². The summed E-state index contributed by atoms with van der Waals surface area (Å²) in [5, 5.41) is 3.05. The van der Waals surface area contributed by atoms with E-state index in [9.17, 15) is 18.0 Å². The maximum Gasteiger partial charge on any atom is 0.416 e. The Morgan fingerprint density at radius 1 is 1.13 bits per heavy atom. The number of benzene rings is 1. The zero-order valence-corrected chi connectivity index (χ0v) is 16.1. The van der Waals surface area contributed by atoms with Gasteiger partial charge >= 0.3 is 6.18 Å². The molecule has 0 unspecified atom stereocenters. The first-order valence-electron chi connectivity index (χ1n) is 8.75. The van der Waals surface area contributed by atoms with Gasteiger partial charge in [-0.15, -0.1) is 11.3 Å². The molecule has 3 aromatic heterocycles. The van der Waals surface area contributed by atoms with E-state index in [0.29, 0.717) is 28.5 Å². The molecule has 3 heterocycles. The van der Waals surface area contributed by atoms with Crippen molar-refractivity contribution in [1.82, 2.24) is 19.5 Å². The van der Waals surface area contributed by atoms with Gasteiger partial charge in [0.2, 0.25) is 0 Å². The van der Waals surface area contributed by atoms with Crippen LogP contribution in [0, 0.1) is 0 Å². The lowest BCUT2D eigenvalue weighted by atomic mass is 10.1. The lowest BCUT2D eigenvalue weighted by molar-refractivity contribution is -0.137. The number of alkyl halides is 3. The van der Waals surface area contributed by atoms with Gasteiger partial charge in [0, 0.05) is 36.1 Å². The van der Waals surface area contributed by atoms with Crippen molar-refractivity contribution in [3.05, 3.63) is 89.1 Å². The average molecular weight is 429 g/mol. The van der Waals surface area contributed by atoms with Gasteiger partial charge in [-0.05, 0) is 23.8 Å². The summed E-state index contributed by atoms with van der Waals surface area (Å²) in [6.07, 6.45) is 3.86. The summed E-state index contributed by atoms with van der Waals surface area (Å²) < 4.78 is 40.3. The van der Waals surface area contributed by atoms with E-state index < -0.39 is 11.7 Å². The molecular formula is C20H14F3N5OS. The van der Waals surface area contributed by atoms with Gasteiger partial charge in [-0.2, -0.15) is 13.2 Å². The van der Waals surface area contributed by atoms with E-state index in [-0.39, 0.29) is 5.91 Å². The first-order valence-corrected chi connectivity index (χ1v) is 9.57. The predicted octanol–water partition coefficient (Wildman–Crippen LogP) is 4.59. The zero-order chi connectivity index (χ0) is 21.1. The predicted molar refractivity (Wildman–Crippen MR) is 106 cm³/mol. The number of rotatable bonds is 5. The van der Waals surface area contributed by atoms with Gasteiger partial charge in [0.25, 0.3) is 5.91 Å². The monoisotopic (exact) mass is 429 g/mol. The van der Waals surface area contributed by atoms with Crippen LogP contribution in [0.15, 0.2) is 67.5 Å². The highest BCUT2D eigenvalue weighted by Crippen LogP contribution is 2.30. The van der Waals surface area contributed by atoms with Crippen molar-refractivity contribution < 1.29 is 18.0 Å². The molecule has 0 atom stereocenters. The standard InChI is InChI=1S/C20H14F3N5OS/c21-20(22,23)15-3-1-2-13(8-15)9-16-11-26-19(30-16)27-18(29)14-4-5-17(25-10-14)28-7-6-24-12-28/h1-8,10-12H,9H2,(H,26,27,29). The average Bonchev–Trinajstić information content (AvgIpc) is 3.40. The maximum atomic E-state index is 12.9. The minimum absolute atomic E-state index is 0.290. The molecule has 1 aromatic carbocycles. The smallest absolute Gasteiger partial charge is 0.298 e. The molecule has 10 heteroatoms. The van der Waals surface area contributed by atoms with E-state index in [0.717, 1.165) is 17.0 Å². The summed E-state index contributed by atoms with van der Waals surface area (Å²) in [4.78, 5) is 25.4. The number of carbonyl (C=O) groups is 1. The molecule has 4 rings (SSSR count). The normalized spacial score (nSPS) is 11.4. The Labute approximate surface area is 173 Å². The molecule has 0 aliphatic rings. The number of carbonyl (C=O) groups excluding carboxylic acids is 1. The fourth-order valence-electron chi connectivity index (χ4n) is 2.74. The third-order valence-electron chi connectivity index (χ3n) is 4.19. The van der Waals surface area contributed by atoms with Crippen LogP contribution in [0.25, 0.3) is 5.82 Å². The van der Waals surface area contributed by atoms with Crippen molar-refractivity contribution in [2.45, 2.75) is 12.6 Å². The second-order valence-corrected chi connectivity index (χ2v) is 7.45. The van der Waals surface area contributed by atoms with Gasteiger partial charge in [0.15, 0.2) is 5.13 Å². The highest BCUT2D eigenvalue weighted by Gasteiger charge is 2.30. The Kier molecular flexibility index (Phi) is 5.32. The van der Waals surface area contributed by atoms with Gasteiger partial charge in [0.1, 0.15) is 12.1 Å². The molecule has 0 spiro atoms. The lowest BCUT2D eigenvalue weighted by Gasteiger charge is -2.07. The van der Waals surface area contributed by atoms with E-state index in [4.69, 9.17) is 0 Å². The van der Waals surface area contributed by atoms with Crippen molar-refractivity contribution in [2.24, 2.45) is 0 Å². The molecule has 0 bridgehead atoms. The van der Waals surface area contributed by atoms with E-state index in [1.54, 1.807) is 47.7 Å². The molecule has 0 aliphatic heterocycles. The molecule has 0 saturated carbocycles. The van der Waals surface area contributed by atoms with Gasteiger partial charge in [-0.3, -0.25) is 14.7 Å². The molecule has 0 fully saturated rings. The number of aromatic nitrogens is 4. The number of pyridine rings is 1. The zero-order valence-electron chi connectivity index (χ0n) is 15.3. The van der Waals surface area contributed by atoms with Crippen molar-refractivity contribution in [3.8, 4) is 5.82 Å². The van der Waals surface area contributed by atoms with Crippen LogP contribution in [-0.2, 0) is 12.6 Å². The number of halogens is 3. The number of nitrogens with one attached hydrogen (secondary N) is 1. The van der Waals surface area contributed by atoms with Gasteiger partial charge in [-0.1, -0.05) is 18.2 Å². The van der Waals surface area contributed by atoms with Crippen LogP contribution in [0.1, 0.15) is 26.4 Å². The highest BCUT2D eigenvalue weighted by molar-refractivity contribution is 7.15. The first kappa shape index (κ1) is 19.8. The van der Waals surface area contributed by atoms with E-state index in [1.165, 1.54) is 23.6 Å². The van der Waals surface area contributed by atoms with Crippen LogP contribution in [0.5, 0.6) is 0 Å². The molecule has 4 aromatic rings. The molecule has 0 radical (unpaired) electrons. The number of nitrogens with zero attached hydrogens (tertiary/aromatic N) is 4. The summed E-state index contributed by atoms with van der Waals surface area (Å²) in [5.41, 5.74) is 0.184. The van der Waals surface area contributed by atoms with Crippen molar-refractivity contribution in [3.63, 3.8) is 0 Å². The van der Waals surface area contributed by atoms with Crippen LogP contribution < -0.4 is 5.32 Å². The fourth-order valence-corrected chi connectivity index (χ4v) is 3.58. The minimum atomic E-state index is -4.38. The molecule has 30 heavy (non-hydrogen) atoms. The third-order valence-corrected chi connectivity index (χ3v) is 5.10. The van der Waals surface area contributed by atoms with Gasteiger partial charge in [0.05, 0.1) is 11.1 Å². The Balaban J connectivity index is 1.41. The van der Waals surface area contributed by atoms with Crippen LogP contribution >= 0.6 is 11.3 Å². The molecule has 1 amide bonds. The number of thiazole rings is 1.